The Kier molecular flexibility index (Phi) is 7.21. The average Bonchev–Trinajstić information content (AvgIpc) is 3.15. The Morgan fingerprint density at radius 1 is 1.00 bits per heavy atom. The van der Waals surface area contributed by atoms with Gasteiger partial charge in [-0.2, -0.15) is 0 Å². The van der Waals surface area contributed by atoms with Crippen molar-refractivity contribution in [2.24, 2.45) is 46.3 Å². The molecule has 0 aromatic carbocycles. The summed E-state index contributed by atoms with van der Waals surface area (Å²) in [5.74, 6) is 3.29. The molecule has 0 bridgehead atoms. The van der Waals surface area contributed by atoms with Crippen LogP contribution in [0.3, 0.4) is 0 Å². The van der Waals surface area contributed by atoms with Crippen LogP contribution >= 0.6 is 0 Å². The highest BCUT2D eigenvalue weighted by molar-refractivity contribution is 5.69. The SMILES string of the molecule is COC(=O)CC[C@@H](C)[C@H]1CC[C@H]2[C@@H]3CC[C@@H]4C[C@H](OC)CC[C@]4(C)[C@H]3C[C@H](OC(C)=O)[C@]12C. The predicted octanol–water partition coefficient (Wildman–Crippen LogP) is 5.79. The maximum absolute atomic E-state index is 12.3. The van der Waals surface area contributed by atoms with Crippen molar-refractivity contribution in [3.05, 3.63) is 0 Å². The molecule has 4 saturated carbocycles. The van der Waals surface area contributed by atoms with Crippen LogP contribution in [0.15, 0.2) is 0 Å². The van der Waals surface area contributed by atoms with Crippen LogP contribution in [0.1, 0.15) is 91.9 Å². The first-order valence-corrected chi connectivity index (χ1v) is 13.4. The number of carbonyl (C=O) groups excluding carboxylic acids is 2. The van der Waals surface area contributed by atoms with Gasteiger partial charge in [-0.15, -0.1) is 0 Å². The van der Waals surface area contributed by atoms with E-state index in [2.05, 4.69) is 20.8 Å². The monoisotopic (exact) mass is 462 g/mol. The Morgan fingerprint density at radius 3 is 2.42 bits per heavy atom. The molecule has 0 heterocycles. The van der Waals surface area contributed by atoms with E-state index < -0.39 is 0 Å². The second-order valence-electron chi connectivity index (χ2n) is 12.3. The van der Waals surface area contributed by atoms with E-state index in [1.807, 2.05) is 7.11 Å². The van der Waals surface area contributed by atoms with Crippen molar-refractivity contribution in [2.45, 2.75) is 104 Å². The van der Waals surface area contributed by atoms with Gasteiger partial charge in [0.2, 0.25) is 0 Å². The molecule has 4 fully saturated rings. The van der Waals surface area contributed by atoms with Crippen molar-refractivity contribution < 1.29 is 23.8 Å². The Labute approximate surface area is 200 Å². The van der Waals surface area contributed by atoms with E-state index in [0.717, 1.165) is 31.1 Å². The van der Waals surface area contributed by atoms with E-state index in [1.54, 1.807) is 6.92 Å². The van der Waals surface area contributed by atoms with Crippen molar-refractivity contribution >= 4 is 11.9 Å². The summed E-state index contributed by atoms with van der Waals surface area (Å²) >= 11 is 0. The zero-order valence-corrected chi connectivity index (χ0v) is 21.7. The van der Waals surface area contributed by atoms with Gasteiger partial charge >= 0.3 is 11.9 Å². The van der Waals surface area contributed by atoms with Crippen LogP contribution in [0.5, 0.6) is 0 Å². The minimum Gasteiger partial charge on any atom is -0.469 e. The molecule has 0 unspecified atom stereocenters. The summed E-state index contributed by atoms with van der Waals surface area (Å²) in [5, 5.41) is 0. The highest BCUT2D eigenvalue weighted by atomic mass is 16.5. The molecule has 4 aliphatic rings. The van der Waals surface area contributed by atoms with Gasteiger partial charge in [0.25, 0.3) is 0 Å². The summed E-state index contributed by atoms with van der Waals surface area (Å²) in [6.07, 6.45) is 11.3. The van der Waals surface area contributed by atoms with E-state index in [0.29, 0.717) is 41.6 Å². The molecule has 10 atom stereocenters. The lowest BCUT2D eigenvalue weighted by Crippen LogP contribution is -2.59. The van der Waals surface area contributed by atoms with Gasteiger partial charge in [-0.1, -0.05) is 20.8 Å². The van der Waals surface area contributed by atoms with Crippen LogP contribution in [-0.4, -0.2) is 38.4 Å². The smallest absolute Gasteiger partial charge is 0.305 e. The highest BCUT2D eigenvalue weighted by Crippen LogP contribution is 2.69. The predicted molar refractivity (Wildman–Crippen MR) is 127 cm³/mol. The summed E-state index contributed by atoms with van der Waals surface area (Å²) in [6.45, 7) is 8.83. The first kappa shape index (κ1) is 25.0. The first-order valence-electron chi connectivity index (χ1n) is 13.4. The van der Waals surface area contributed by atoms with E-state index >= 15 is 0 Å². The average molecular weight is 463 g/mol. The van der Waals surface area contributed by atoms with Crippen LogP contribution in [0.4, 0.5) is 0 Å². The minimum absolute atomic E-state index is 0.00466. The molecule has 0 saturated heterocycles. The lowest BCUT2D eigenvalue weighted by Gasteiger charge is -2.63. The summed E-state index contributed by atoms with van der Waals surface area (Å²) < 4.78 is 16.9. The maximum atomic E-state index is 12.3. The normalized spacial score (nSPS) is 45.3. The number of rotatable bonds is 6. The zero-order valence-electron chi connectivity index (χ0n) is 21.7. The van der Waals surface area contributed by atoms with E-state index in [4.69, 9.17) is 14.2 Å². The molecule has 188 valence electrons. The van der Waals surface area contributed by atoms with Crippen molar-refractivity contribution in [3.63, 3.8) is 0 Å². The number of esters is 2. The van der Waals surface area contributed by atoms with Crippen LogP contribution < -0.4 is 0 Å². The maximum Gasteiger partial charge on any atom is 0.305 e. The summed E-state index contributed by atoms with van der Waals surface area (Å²) in [7, 11) is 3.33. The van der Waals surface area contributed by atoms with E-state index in [1.165, 1.54) is 45.6 Å². The molecule has 0 radical (unpaired) electrons. The summed E-state index contributed by atoms with van der Waals surface area (Å²) in [5.41, 5.74) is 0.321. The van der Waals surface area contributed by atoms with E-state index in [-0.39, 0.29) is 23.5 Å². The molecule has 0 aromatic heterocycles. The first-order chi connectivity index (χ1) is 15.6. The number of methoxy groups -OCH3 is 2. The van der Waals surface area contributed by atoms with Crippen molar-refractivity contribution in [3.8, 4) is 0 Å². The molecule has 33 heavy (non-hydrogen) atoms. The third-order valence-corrected chi connectivity index (χ3v) is 11.1. The molecular formula is C28H46O5. The third-order valence-electron chi connectivity index (χ3n) is 11.1. The molecule has 0 spiro atoms. The number of carbonyl (C=O) groups is 2. The van der Waals surface area contributed by atoms with Gasteiger partial charge in [0.1, 0.15) is 6.10 Å². The quantitative estimate of drug-likeness (QED) is 0.468. The van der Waals surface area contributed by atoms with Crippen molar-refractivity contribution in [1.29, 1.82) is 0 Å². The van der Waals surface area contributed by atoms with E-state index in [9.17, 15) is 9.59 Å². The lowest BCUT2D eigenvalue weighted by molar-refractivity contribution is -0.196. The number of fused-ring (bicyclic) bond motifs is 5. The fraction of sp³-hybridized carbons (Fsp3) is 0.929. The molecule has 5 heteroatoms. The molecule has 0 amide bonds. The van der Waals surface area contributed by atoms with Crippen molar-refractivity contribution in [1.82, 2.24) is 0 Å². The molecule has 0 aliphatic heterocycles. The van der Waals surface area contributed by atoms with Crippen molar-refractivity contribution in [2.75, 3.05) is 14.2 Å². The molecule has 4 rings (SSSR count). The molecule has 0 aromatic rings. The molecular weight excluding hydrogens is 416 g/mol. The fourth-order valence-corrected chi connectivity index (χ4v) is 9.36. The van der Waals surface area contributed by atoms with Gasteiger partial charge < -0.3 is 14.2 Å². The number of hydrogen-bond donors (Lipinski definition) is 0. The van der Waals surface area contributed by atoms with Crippen LogP contribution in [-0.2, 0) is 23.8 Å². The number of ether oxygens (including phenoxy) is 3. The minimum atomic E-state index is -0.146. The van der Waals surface area contributed by atoms with Crippen LogP contribution in [0.25, 0.3) is 0 Å². The second-order valence-corrected chi connectivity index (χ2v) is 12.3. The summed E-state index contributed by atoms with van der Waals surface area (Å²) in [6, 6.07) is 0. The van der Waals surface area contributed by atoms with Crippen LogP contribution in [0, 0.1) is 46.3 Å². The summed E-state index contributed by atoms with van der Waals surface area (Å²) in [4.78, 5) is 24.1. The van der Waals surface area contributed by atoms with Gasteiger partial charge in [-0.25, -0.2) is 0 Å². The molecule has 5 nitrogen and oxygen atoms in total. The second kappa shape index (κ2) is 9.51. The molecule has 0 N–H and O–H groups in total. The van der Waals surface area contributed by atoms with Gasteiger partial charge in [0.05, 0.1) is 13.2 Å². The van der Waals surface area contributed by atoms with Gasteiger partial charge in [0, 0.05) is 25.9 Å². The highest BCUT2D eigenvalue weighted by Gasteiger charge is 2.65. The standard InChI is InChI=1S/C28H46O5/c1-17(7-12-26(30)32-6)22-10-11-23-21-9-8-19-15-20(31-5)13-14-27(19,3)24(21)16-25(28(22,23)4)33-18(2)29/h17,19-25H,7-16H2,1-6H3/t17-,19-,20-,21+,22-,23+,24+,25+,27+,28-/m1/s1. The van der Waals surface area contributed by atoms with Crippen LogP contribution in [0.2, 0.25) is 0 Å². The van der Waals surface area contributed by atoms with Gasteiger partial charge in [-0.3, -0.25) is 9.59 Å². The topological polar surface area (TPSA) is 61.8 Å². The Balaban J connectivity index is 1.60. The fourth-order valence-electron chi connectivity index (χ4n) is 9.36. The Morgan fingerprint density at radius 2 is 1.76 bits per heavy atom. The molecule has 4 aliphatic carbocycles. The van der Waals surface area contributed by atoms with Gasteiger partial charge in [0.15, 0.2) is 0 Å². The van der Waals surface area contributed by atoms with Gasteiger partial charge in [-0.05, 0) is 98.7 Å². The number of hydrogen-bond acceptors (Lipinski definition) is 5. The largest absolute Gasteiger partial charge is 0.469 e. The lowest BCUT2D eigenvalue weighted by atomic mass is 9.43. The zero-order chi connectivity index (χ0) is 24.0. The third kappa shape index (κ3) is 4.25. The Bertz CT molecular complexity index is 736. The Hall–Kier alpha value is -1.10.